The van der Waals surface area contributed by atoms with Crippen molar-refractivity contribution >= 4 is 17.6 Å². The van der Waals surface area contributed by atoms with Crippen molar-refractivity contribution in [3.8, 4) is 17.1 Å². The monoisotopic (exact) mass is 491 g/mol. The van der Waals surface area contributed by atoms with E-state index < -0.39 is 12.1 Å². The molecule has 0 aliphatic rings. The van der Waals surface area contributed by atoms with Crippen LogP contribution in [0.25, 0.3) is 11.4 Å². The molecule has 1 heterocycles. The summed E-state index contributed by atoms with van der Waals surface area (Å²) in [6, 6.07) is 23.0. The SMILES string of the molecule is CCc1ccc(OC(c2cccc(Cl)c2)c2nc(-c3ccc(CNCCC(=O)O)cc3)no2)cc1. The third kappa shape index (κ3) is 6.68. The van der Waals surface area contributed by atoms with Gasteiger partial charge in [0.15, 0.2) is 0 Å². The highest BCUT2D eigenvalue weighted by molar-refractivity contribution is 6.30. The van der Waals surface area contributed by atoms with E-state index in [0.29, 0.717) is 35.6 Å². The topological polar surface area (TPSA) is 97.5 Å². The van der Waals surface area contributed by atoms with Crippen LogP contribution in [0.2, 0.25) is 5.02 Å². The van der Waals surface area contributed by atoms with E-state index in [1.807, 2.05) is 66.7 Å². The van der Waals surface area contributed by atoms with Crippen molar-refractivity contribution < 1.29 is 19.2 Å². The Kier molecular flexibility index (Phi) is 8.13. The second kappa shape index (κ2) is 11.6. The Morgan fingerprint density at radius 2 is 1.83 bits per heavy atom. The van der Waals surface area contributed by atoms with Gasteiger partial charge >= 0.3 is 5.97 Å². The third-order valence-corrected chi connectivity index (χ3v) is 5.69. The highest BCUT2D eigenvalue weighted by atomic mass is 35.5. The van der Waals surface area contributed by atoms with Crippen LogP contribution in [-0.2, 0) is 17.8 Å². The van der Waals surface area contributed by atoms with Crippen molar-refractivity contribution in [1.29, 1.82) is 0 Å². The number of carbonyl (C=O) groups is 1. The van der Waals surface area contributed by atoms with Gasteiger partial charge in [-0.25, -0.2) is 0 Å². The number of rotatable bonds is 11. The summed E-state index contributed by atoms with van der Waals surface area (Å²) in [5, 5.41) is 16.6. The van der Waals surface area contributed by atoms with E-state index in [0.717, 1.165) is 23.1 Å². The van der Waals surface area contributed by atoms with Crippen LogP contribution < -0.4 is 10.1 Å². The molecule has 8 heteroatoms. The number of aliphatic carboxylic acids is 1. The maximum absolute atomic E-state index is 10.6. The molecular weight excluding hydrogens is 466 g/mol. The zero-order valence-corrected chi connectivity index (χ0v) is 20.0. The number of benzene rings is 3. The van der Waals surface area contributed by atoms with Crippen molar-refractivity contribution in [3.63, 3.8) is 0 Å². The summed E-state index contributed by atoms with van der Waals surface area (Å²) in [5.74, 6) is 0.633. The van der Waals surface area contributed by atoms with Gasteiger partial charge in [-0.2, -0.15) is 4.98 Å². The number of halogens is 1. The Balaban J connectivity index is 1.53. The molecule has 3 aromatic carbocycles. The fourth-order valence-corrected chi connectivity index (χ4v) is 3.73. The van der Waals surface area contributed by atoms with E-state index in [2.05, 4.69) is 22.4 Å². The van der Waals surface area contributed by atoms with E-state index in [1.54, 1.807) is 6.07 Å². The van der Waals surface area contributed by atoms with Crippen molar-refractivity contribution in [2.24, 2.45) is 0 Å². The summed E-state index contributed by atoms with van der Waals surface area (Å²) in [5.41, 5.74) is 3.84. The van der Waals surface area contributed by atoms with Crippen LogP contribution in [0.5, 0.6) is 5.75 Å². The standard InChI is InChI=1S/C27H26ClN3O4/c1-2-18-8-12-23(13-9-18)34-25(21-4-3-5-22(28)16-21)27-30-26(31-35-27)20-10-6-19(7-11-20)17-29-15-14-24(32)33/h3-13,16,25,29H,2,14-15,17H2,1H3,(H,32,33). The molecule has 0 amide bonds. The Morgan fingerprint density at radius 1 is 1.09 bits per heavy atom. The van der Waals surface area contributed by atoms with Gasteiger partial charge in [-0.15, -0.1) is 0 Å². The molecule has 35 heavy (non-hydrogen) atoms. The van der Waals surface area contributed by atoms with Crippen LogP contribution >= 0.6 is 11.6 Å². The third-order valence-electron chi connectivity index (χ3n) is 5.46. The average Bonchev–Trinajstić information content (AvgIpc) is 3.36. The zero-order chi connectivity index (χ0) is 24.6. The summed E-state index contributed by atoms with van der Waals surface area (Å²) >= 11 is 6.24. The molecule has 2 N–H and O–H groups in total. The molecule has 0 aliphatic carbocycles. The van der Waals surface area contributed by atoms with Gasteiger partial charge in [-0.1, -0.05) is 72.2 Å². The molecule has 1 aromatic heterocycles. The smallest absolute Gasteiger partial charge is 0.304 e. The molecular formula is C27H26ClN3O4. The quantitative estimate of drug-likeness (QED) is 0.260. The lowest BCUT2D eigenvalue weighted by Gasteiger charge is -2.16. The van der Waals surface area contributed by atoms with Crippen molar-refractivity contribution in [3.05, 3.63) is 100 Å². The molecule has 4 rings (SSSR count). The molecule has 0 aliphatic heterocycles. The van der Waals surface area contributed by atoms with Crippen LogP contribution in [-0.4, -0.2) is 27.8 Å². The lowest BCUT2D eigenvalue weighted by Crippen LogP contribution is -2.17. The molecule has 1 atom stereocenters. The van der Waals surface area contributed by atoms with Gasteiger partial charge in [0.25, 0.3) is 5.89 Å². The van der Waals surface area contributed by atoms with Gasteiger partial charge in [0.1, 0.15) is 5.75 Å². The molecule has 0 saturated heterocycles. The first-order valence-corrected chi connectivity index (χ1v) is 11.8. The minimum Gasteiger partial charge on any atom is -0.481 e. The Morgan fingerprint density at radius 3 is 2.51 bits per heavy atom. The van der Waals surface area contributed by atoms with Gasteiger partial charge in [-0.3, -0.25) is 4.79 Å². The second-order valence-electron chi connectivity index (χ2n) is 8.02. The predicted molar refractivity (Wildman–Crippen MR) is 133 cm³/mol. The minimum atomic E-state index is -0.821. The van der Waals surface area contributed by atoms with Gasteiger partial charge in [-0.05, 0) is 41.8 Å². The van der Waals surface area contributed by atoms with Crippen LogP contribution in [0.4, 0.5) is 0 Å². The van der Waals surface area contributed by atoms with Crippen LogP contribution in [0, 0.1) is 0 Å². The number of hydrogen-bond acceptors (Lipinski definition) is 6. The van der Waals surface area contributed by atoms with Crippen LogP contribution in [0.15, 0.2) is 77.3 Å². The average molecular weight is 492 g/mol. The summed E-state index contributed by atoms with van der Waals surface area (Å²) in [4.78, 5) is 15.2. The lowest BCUT2D eigenvalue weighted by atomic mass is 10.1. The number of hydrogen-bond donors (Lipinski definition) is 2. The van der Waals surface area contributed by atoms with E-state index in [9.17, 15) is 4.79 Å². The van der Waals surface area contributed by atoms with Crippen molar-refractivity contribution in [1.82, 2.24) is 15.5 Å². The normalized spacial score (nSPS) is 11.8. The summed E-state index contributed by atoms with van der Waals surface area (Å²) in [7, 11) is 0. The van der Waals surface area contributed by atoms with Crippen LogP contribution in [0.1, 0.15) is 42.0 Å². The maximum atomic E-state index is 10.6. The molecule has 4 aromatic rings. The molecule has 0 spiro atoms. The van der Waals surface area contributed by atoms with Gasteiger partial charge < -0.3 is 19.7 Å². The molecule has 0 bridgehead atoms. The number of carboxylic acid groups (broad SMARTS) is 1. The Bertz CT molecular complexity index is 1260. The van der Waals surface area contributed by atoms with E-state index in [4.69, 9.17) is 26.0 Å². The van der Waals surface area contributed by atoms with E-state index >= 15 is 0 Å². The molecule has 0 fully saturated rings. The molecule has 7 nitrogen and oxygen atoms in total. The van der Waals surface area contributed by atoms with Gasteiger partial charge in [0.05, 0.1) is 6.42 Å². The zero-order valence-electron chi connectivity index (χ0n) is 19.3. The lowest BCUT2D eigenvalue weighted by molar-refractivity contribution is -0.136. The van der Waals surface area contributed by atoms with E-state index in [1.165, 1.54) is 5.56 Å². The largest absolute Gasteiger partial charge is 0.481 e. The highest BCUT2D eigenvalue weighted by Gasteiger charge is 2.24. The first-order chi connectivity index (χ1) is 17.0. The molecule has 180 valence electrons. The first-order valence-electron chi connectivity index (χ1n) is 11.4. The molecule has 1 unspecified atom stereocenters. The Labute approximate surface area is 208 Å². The number of nitrogens with one attached hydrogen (secondary N) is 1. The van der Waals surface area contributed by atoms with Gasteiger partial charge in [0.2, 0.25) is 11.9 Å². The minimum absolute atomic E-state index is 0.0856. The van der Waals surface area contributed by atoms with E-state index in [-0.39, 0.29) is 6.42 Å². The summed E-state index contributed by atoms with van der Waals surface area (Å²) in [6.07, 6.45) is 0.407. The number of aromatic nitrogens is 2. The fourth-order valence-electron chi connectivity index (χ4n) is 3.53. The number of carboxylic acids is 1. The van der Waals surface area contributed by atoms with Gasteiger partial charge in [0, 0.05) is 29.2 Å². The van der Waals surface area contributed by atoms with Crippen molar-refractivity contribution in [2.75, 3.05) is 6.54 Å². The number of aryl methyl sites for hydroxylation is 1. The Hall–Kier alpha value is -3.68. The fraction of sp³-hybridized carbons (Fsp3) is 0.222. The number of ether oxygens (including phenoxy) is 1. The molecule has 0 radical (unpaired) electrons. The summed E-state index contributed by atoms with van der Waals surface area (Å²) < 4.78 is 11.9. The van der Waals surface area contributed by atoms with Crippen LogP contribution in [0.3, 0.4) is 0 Å². The number of nitrogens with zero attached hydrogens (tertiary/aromatic N) is 2. The highest BCUT2D eigenvalue weighted by Crippen LogP contribution is 2.30. The maximum Gasteiger partial charge on any atom is 0.304 e. The second-order valence-corrected chi connectivity index (χ2v) is 8.46. The van der Waals surface area contributed by atoms with Crippen molar-refractivity contribution in [2.45, 2.75) is 32.4 Å². The predicted octanol–water partition coefficient (Wildman–Crippen LogP) is 5.69. The summed E-state index contributed by atoms with van der Waals surface area (Å²) in [6.45, 7) is 3.09. The first kappa shape index (κ1) is 24.4. The molecule has 0 saturated carbocycles.